The molecule has 1 aliphatic heterocycles. The van der Waals surface area contributed by atoms with E-state index in [2.05, 4.69) is 0 Å². The van der Waals surface area contributed by atoms with E-state index >= 15 is 0 Å². The van der Waals surface area contributed by atoms with Crippen LogP contribution in [0.15, 0.2) is 0 Å². The molecule has 3 nitrogen and oxygen atoms in total. The summed E-state index contributed by atoms with van der Waals surface area (Å²) in [6.07, 6.45) is 0. The summed E-state index contributed by atoms with van der Waals surface area (Å²) in [5, 5.41) is 0. The fourth-order valence-corrected chi connectivity index (χ4v) is 8.39. The van der Waals surface area contributed by atoms with E-state index < -0.39 is 23.7 Å². The average molecular weight is 274 g/mol. The van der Waals surface area contributed by atoms with Gasteiger partial charge in [0, 0.05) is 0 Å². The van der Waals surface area contributed by atoms with Gasteiger partial charge in [0.15, 0.2) is 0 Å². The molecule has 0 amide bonds. The molecule has 0 aromatic rings. The fraction of sp³-hybridized carbons (Fsp3) is 0.667. The van der Waals surface area contributed by atoms with Gasteiger partial charge in [-0.05, 0) is 0 Å². The van der Waals surface area contributed by atoms with Crippen LogP contribution in [0, 0.1) is 0 Å². The standard InChI is InChI=1S/C3H7NO2S.ClH.Sn.H/c4-2(1-7)3(5)6;;;/h2,7H,1,4H2,(H,5,6);1H;;/q;;+3;/p-3. The van der Waals surface area contributed by atoms with E-state index in [0.29, 0.717) is 5.75 Å². The van der Waals surface area contributed by atoms with Gasteiger partial charge in [0.05, 0.1) is 0 Å². The minimum atomic E-state index is -2.34. The summed E-state index contributed by atoms with van der Waals surface area (Å²) in [5.74, 6) is 0.327. The van der Waals surface area contributed by atoms with E-state index in [-0.39, 0.29) is 5.97 Å². The zero-order valence-electron chi connectivity index (χ0n) is 4.54. The first-order chi connectivity index (χ1) is 4.20. The number of nitrogens with two attached hydrogens (primary N) is 1. The molecule has 0 aliphatic carbocycles. The van der Waals surface area contributed by atoms with E-state index in [4.69, 9.17) is 17.7 Å². The van der Waals surface area contributed by atoms with Crippen molar-refractivity contribution in [2.45, 2.75) is 6.04 Å². The summed E-state index contributed by atoms with van der Waals surface area (Å²) in [7, 11) is 7.19. The van der Waals surface area contributed by atoms with Gasteiger partial charge in [-0.15, -0.1) is 0 Å². The third kappa shape index (κ3) is 2.18. The van der Waals surface area contributed by atoms with Crippen molar-refractivity contribution in [2.24, 2.45) is 5.73 Å². The molecule has 0 bridgehead atoms. The van der Waals surface area contributed by atoms with Crippen LogP contribution >= 0.6 is 17.9 Å². The minimum absolute atomic E-state index is 0.315. The first-order valence-corrected chi connectivity index (χ1v) is 13.0. The second-order valence-electron chi connectivity index (χ2n) is 1.65. The van der Waals surface area contributed by atoms with Crippen LogP contribution in [0.1, 0.15) is 0 Å². The Hall–Kier alpha value is 0.869. The maximum atomic E-state index is 10.6. The van der Waals surface area contributed by atoms with Crippen molar-refractivity contribution in [1.29, 1.82) is 0 Å². The zero-order chi connectivity index (χ0) is 6.85. The Morgan fingerprint density at radius 1 is 2.00 bits per heavy atom. The number of hydrogen-bond acceptors (Lipinski definition) is 4. The number of rotatable bonds is 0. The van der Waals surface area contributed by atoms with Gasteiger partial charge in [0.2, 0.25) is 0 Å². The first kappa shape index (κ1) is 7.97. The third-order valence-corrected chi connectivity index (χ3v) is 10.6. The van der Waals surface area contributed by atoms with E-state index in [9.17, 15) is 4.79 Å². The number of carbonyl (C=O) groups is 1. The van der Waals surface area contributed by atoms with Crippen molar-refractivity contribution in [2.75, 3.05) is 5.75 Å². The summed E-state index contributed by atoms with van der Waals surface area (Å²) in [4.78, 5) is 10.6. The predicted octanol–water partition coefficient (Wildman–Crippen LogP) is -0.440. The molecular formula is C3H6ClNO2SSn. The zero-order valence-corrected chi connectivity index (χ0v) is 9.41. The van der Waals surface area contributed by atoms with Crippen LogP contribution in [0.4, 0.5) is 0 Å². The predicted molar refractivity (Wildman–Crippen MR) is 39.5 cm³/mol. The summed E-state index contributed by atoms with van der Waals surface area (Å²) >= 11 is -2.34. The Balaban J connectivity index is 2.44. The average Bonchev–Trinajstić information content (AvgIpc) is 1.80. The molecule has 2 atom stereocenters. The molecule has 2 N–H and O–H groups in total. The molecule has 1 fully saturated rings. The van der Waals surface area contributed by atoms with Gasteiger partial charge in [-0.1, -0.05) is 0 Å². The van der Waals surface area contributed by atoms with E-state index in [1.54, 1.807) is 0 Å². The van der Waals surface area contributed by atoms with Crippen molar-refractivity contribution in [3.63, 3.8) is 0 Å². The van der Waals surface area contributed by atoms with Crippen molar-refractivity contribution in [1.82, 2.24) is 0 Å². The molecule has 52 valence electrons. The van der Waals surface area contributed by atoms with Gasteiger partial charge < -0.3 is 0 Å². The molecule has 0 radical (unpaired) electrons. The monoisotopic (exact) mass is 275 g/mol. The SMILES string of the molecule is NC1C[S][SnH]([Cl])[O]C1=O. The van der Waals surface area contributed by atoms with Crippen molar-refractivity contribution in [3.05, 3.63) is 0 Å². The Morgan fingerprint density at radius 3 is 3.11 bits per heavy atom. The van der Waals surface area contributed by atoms with Crippen LogP contribution in [0.2, 0.25) is 0 Å². The normalized spacial score (nSPS) is 36.0. The van der Waals surface area contributed by atoms with Crippen molar-refractivity contribution < 1.29 is 7.87 Å². The molecule has 1 rings (SSSR count). The molecule has 6 heteroatoms. The molecule has 2 unspecified atom stereocenters. The summed E-state index contributed by atoms with van der Waals surface area (Å²) in [5.41, 5.74) is 5.32. The molecule has 0 aromatic heterocycles. The first-order valence-electron chi connectivity index (χ1n) is 2.42. The van der Waals surface area contributed by atoms with Gasteiger partial charge in [-0.3, -0.25) is 0 Å². The van der Waals surface area contributed by atoms with Crippen LogP contribution < -0.4 is 5.73 Å². The topological polar surface area (TPSA) is 52.3 Å². The molecule has 9 heavy (non-hydrogen) atoms. The molecule has 1 heterocycles. The Morgan fingerprint density at radius 2 is 2.67 bits per heavy atom. The molecule has 0 saturated carbocycles. The number of halogens is 1. The van der Waals surface area contributed by atoms with Crippen LogP contribution in [0.25, 0.3) is 0 Å². The van der Waals surface area contributed by atoms with E-state index in [1.807, 2.05) is 0 Å². The van der Waals surface area contributed by atoms with Gasteiger partial charge in [0.25, 0.3) is 0 Å². The van der Waals surface area contributed by atoms with Gasteiger partial charge >= 0.3 is 66.9 Å². The van der Waals surface area contributed by atoms with Crippen molar-refractivity contribution >= 4 is 41.5 Å². The van der Waals surface area contributed by atoms with Gasteiger partial charge in [-0.25, -0.2) is 0 Å². The molecule has 1 saturated heterocycles. The fourth-order valence-electron chi connectivity index (χ4n) is 0.460. The van der Waals surface area contributed by atoms with E-state index in [0.717, 1.165) is 0 Å². The van der Waals surface area contributed by atoms with E-state index in [1.165, 1.54) is 8.95 Å². The summed E-state index contributed by atoms with van der Waals surface area (Å²) in [6, 6.07) is -0.443. The Bertz CT molecular complexity index is 135. The van der Waals surface area contributed by atoms with Gasteiger partial charge in [0.1, 0.15) is 0 Å². The second kappa shape index (κ2) is 3.32. The Kier molecular flexibility index (Phi) is 2.94. The van der Waals surface area contributed by atoms with Crippen molar-refractivity contribution in [3.8, 4) is 0 Å². The molecular weight excluding hydrogens is 268 g/mol. The number of carbonyl (C=O) groups excluding carboxylic acids is 1. The van der Waals surface area contributed by atoms with Crippen LogP contribution in [-0.2, 0) is 7.87 Å². The summed E-state index contributed by atoms with van der Waals surface area (Å²) in [6.45, 7) is 0. The van der Waals surface area contributed by atoms with Crippen LogP contribution in [0.5, 0.6) is 0 Å². The quantitative estimate of drug-likeness (QED) is 0.609. The second-order valence-corrected chi connectivity index (χ2v) is 14.7. The third-order valence-electron chi connectivity index (χ3n) is 0.918. The van der Waals surface area contributed by atoms with Gasteiger partial charge in [-0.2, -0.15) is 0 Å². The molecule has 0 spiro atoms. The maximum absolute atomic E-state index is 10.6. The molecule has 0 aromatic carbocycles. The number of hydrogen-bond donors (Lipinski definition) is 1. The molecule has 1 aliphatic rings. The summed E-state index contributed by atoms with van der Waals surface area (Å²) < 4.78 is 4.77. The van der Waals surface area contributed by atoms with Crippen LogP contribution in [-0.4, -0.2) is 35.4 Å². The van der Waals surface area contributed by atoms with Crippen LogP contribution in [0.3, 0.4) is 0 Å². The Labute approximate surface area is 66.7 Å².